The van der Waals surface area contributed by atoms with E-state index in [0.717, 1.165) is 0 Å². The molecule has 3 aromatic rings. The molecule has 0 aliphatic carbocycles. The number of aromatic nitrogens is 4. The van der Waals surface area contributed by atoms with E-state index in [9.17, 15) is 13.6 Å². The van der Waals surface area contributed by atoms with Crippen LogP contribution in [0.3, 0.4) is 0 Å². The maximum atomic E-state index is 12.3. The van der Waals surface area contributed by atoms with Crippen LogP contribution in [-0.4, -0.2) is 38.3 Å². The van der Waals surface area contributed by atoms with E-state index in [2.05, 4.69) is 25.1 Å². The summed E-state index contributed by atoms with van der Waals surface area (Å²) in [5, 5.41) is 6.86. The maximum absolute atomic E-state index is 12.3. The van der Waals surface area contributed by atoms with E-state index < -0.39 is 6.61 Å². The molecule has 0 spiro atoms. The van der Waals surface area contributed by atoms with Crippen LogP contribution in [0.15, 0.2) is 30.6 Å². The molecule has 2 heterocycles. The Morgan fingerprint density at radius 1 is 1.38 bits per heavy atom. The number of carbonyl (C=O) groups is 1. The van der Waals surface area contributed by atoms with Crippen LogP contribution >= 0.6 is 0 Å². The van der Waals surface area contributed by atoms with Crippen molar-refractivity contribution in [3.8, 4) is 11.7 Å². The molecule has 24 heavy (non-hydrogen) atoms. The molecule has 2 N–H and O–H groups in total. The maximum Gasteiger partial charge on any atom is 0.387 e. The molecule has 0 aliphatic heterocycles. The number of amides is 1. The van der Waals surface area contributed by atoms with Crippen LogP contribution in [0.2, 0.25) is 0 Å². The van der Waals surface area contributed by atoms with Crippen LogP contribution in [0.4, 0.5) is 8.78 Å². The molecule has 0 fully saturated rings. The van der Waals surface area contributed by atoms with Crippen LogP contribution in [0.1, 0.15) is 24.2 Å². The highest BCUT2D eigenvalue weighted by Crippen LogP contribution is 2.21. The molecule has 0 atom stereocenters. The molecule has 0 radical (unpaired) electrons. The molecule has 0 saturated carbocycles. The summed E-state index contributed by atoms with van der Waals surface area (Å²) in [4.78, 5) is 19.2. The summed E-state index contributed by atoms with van der Waals surface area (Å²) in [6.07, 6.45) is 2.96. The number of nitrogens with one attached hydrogen (secondary N) is 2. The Hall–Kier alpha value is -2.97. The van der Waals surface area contributed by atoms with Crippen molar-refractivity contribution in [1.29, 1.82) is 0 Å². The van der Waals surface area contributed by atoms with Gasteiger partial charge < -0.3 is 15.0 Å². The molecular formula is C15H15F2N5O2. The fraction of sp³-hybridized carbons (Fsp3) is 0.267. The number of benzene rings is 1. The molecule has 9 heteroatoms. The van der Waals surface area contributed by atoms with Crippen molar-refractivity contribution >= 4 is 16.9 Å². The van der Waals surface area contributed by atoms with E-state index in [1.165, 1.54) is 29.2 Å². The number of halogens is 2. The summed E-state index contributed by atoms with van der Waals surface area (Å²) in [5.41, 5.74) is 1.48. The number of ether oxygens (including phenoxy) is 1. The lowest BCUT2D eigenvalue weighted by molar-refractivity contribution is -0.0497. The Balaban J connectivity index is 1.87. The molecule has 0 aliphatic rings. The fourth-order valence-electron chi connectivity index (χ4n) is 2.16. The van der Waals surface area contributed by atoms with Gasteiger partial charge in [0, 0.05) is 18.3 Å². The van der Waals surface area contributed by atoms with Gasteiger partial charge in [0.05, 0.1) is 22.8 Å². The van der Waals surface area contributed by atoms with Gasteiger partial charge >= 0.3 is 6.61 Å². The van der Waals surface area contributed by atoms with Crippen molar-refractivity contribution in [1.82, 2.24) is 25.1 Å². The molecule has 0 saturated heterocycles. The van der Waals surface area contributed by atoms with Crippen LogP contribution in [0.25, 0.3) is 17.0 Å². The first-order valence-electron chi connectivity index (χ1n) is 7.23. The number of imidazole rings is 1. The lowest BCUT2D eigenvalue weighted by Crippen LogP contribution is -2.29. The standard InChI is InChI=1S/C15H15F2N5O2/c1-8(2)19-13(23)9-6-18-22(7-9)15-20-11-4-3-10(24-14(16)17)5-12(11)21-15/h3-8,14H,1-2H3,(H,19,23)(H,20,21). The van der Waals surface area contributed by atoms with E-state index in [1.54, 1.807) is 6.07 Å². The number of hydrogen-bond acceptors (Lipinski definition) is 4. The number of carbonyl (C=O) groups excluding carboxylic acids is 1. The van der Waals surface area contributed by atoms with Gasteiger partial charge in [0.15, 0.2) is 0 Å². The van der Waals surface area contributed by atoms with Gasteiger partial charge in [-0.1, -0.05) is 0 Å². The van der Waals surface area contributed by atoms with Crippen molar-refractivity contribution in [3.05, 3.63) is 36.2 Å². The average molecular weight is 335 g/mol. The van der Waals surface area contributed by atoms with Crippen molar-refractivity contribution < 1.29 is 18.3 Å². The van der Waals surface area contributed by atoms with Gasteiger partial charge in [-0.3, -0.25) is 4.79 Å². The van der Waals surface area contributed by atoms with Gasteiger partial charge in [-0.15, -0.1) is 0 Å². The zero-order valence-electron chi connectivity index (χ0n) is 13.0. The van der Waals surface area contributed by atoms with E-state index >= 15 is 0 Å². The van der Waals surface area contributed by atoms with Gasteiger partial charge in [0.25, 0.3) is 5.91 Å². The van der Waals surface area contributed by atoms with E-state index in [0.29, 0.717) is 22.5 Å². The second kappa shape index (κ2) is 6.26. The van der Waals surface area contributed by atoms with Gasteiger partial charge in [0.1, 0.15) is 5.75 Å². The molecule has 0 bridgehead atoms. The highest BCUT2D eigenvalue weighted by molar-refractivity contribution is 5.93. The summed E-state index contributed by atoms with van der Waals surface area (Å²) < 4.78 is 30.3. The third kappa shape index (κ3) is 3.34. The minimum absolute atomic E-state index is 0.0142. The zero-order valence-corrected chi connectivity index (χ0v) is 13.0. The van der Waals surface area contributed by atoms with Crippen molar-refractivity contribution in [2.24, 2.45) is 0 Å². The zero-order chi connectivity index (χ0) is 17.3. The Morgan fingerprint density at radius 2 is 2.17 bits per heavy atom. The lowest BCUT2D eigenvalue weighted by Gasteiger charge is -2.05. The third-order valence-electron chi connectivity index (χ3n) is 3.15. The summed E-state index contributed by atoms with van der Waals surface area (Å²) >= 11 is 0. The monoisotopic (exact) mass is 335 g/mol. The summed E-state index contributed by atoms with van der Waals surface area (Å²) in [7, 11) is 0. The van der Waals surface area contributed by atoms with Crippen LogP contribution < -0.4 is 10.1 Å². The van der Waals surface area contributed by atoms with Gasteiger partial charge in [0.2, 0.25) is 5.95 Å². The topological polar surface area (TPSA) is 84.8 Å². The molecule has 126 valence electrons. The predicted molar refractivity (Wildman–Crippen MR) is 82.4 cm³/mol. The third-order valence-corrected chi connectivity index (χ3v) is 3.15. The lowest BCUT2D eigenvalue weighted by atomic mass is 10.3. The molecule has 3 rings (SSSR count). The van der Waals surface area contributed by atoms with Gasteiger partial charge in [-0.25, -0.2) is 9.67 Å². The first-order chi connectivity index (χ1) is 11.4. The van der Waals surface area contributed by atoms with Gasteiger partial charge in [-0.2, -0.15) is 13.9 Å². The second-order valence-corrected chi connectivity index (χ2v) is 5.42. The molecule has 1 aromatic carbocycles. The minimum Gasteiger partial charge on any atom is -0.435 e. The van der Waals surface area contributed by atoms with E-state index in [1.807, 2.05) is 13.8 Å². The quantitative estimate of drug-likeness (QED) is 0.750. The number of rotatable bonds is 5. The molecule has 7 nitrogen and oxygen atoms in total. The Kier molecular flexibility index (Phi) is 4.15. The van der Waals surface area contributed by atoms with Crippen LogP contribution in [0, 0.1) is 0 Å². The average Bonchev–Trinajstić information content (AvgIpc) is 3.11. The highest BCUT2D eigenvalue weighted by atomic mass is 19.3. The van der Waals surface area contributed by atoms with Crippen LogP contribution in [-0.2, 0) is 0 Å². The second-order valence-electron chi connectivity index (χ2n) is 5.42. The van der Waals surface area contributed by atoms with Crippen LogP contribution in [0.5, 0.6) is 5.75 Å². The number of alkyl halides is 2. The number of hydrogen-bond donors (Lipinski definition) is 2. The fourth-order valence-corrected chi connectivity index (χ4v) is 2.16. The number of nitrogens with zero attached hydrogens (tertiary/aromatic N) is 3. The Bertz CT molecular complexity index is 872. The smallest absolute Gasteiger partial charge is 0.387 e. The number of aromatic amines is 1. The minimum atomic E-state index is -2.89. The summed E-state index contributed by atoms with van der Waals surface area (Å²) in [6, 6.07) is 4.40. The first-order valence-corrected chi connectivity index (χ1v) is 7.23. The summed E-state index contributed by atoms with van der Waals surface area (Å²) in [6.45, 7) is 0.833. The van der Waals surface area contributed by atoms with Crippen molar-refractivity contribution in [2.75, 3.05) is 0 Å². The largest absolute Gasteiger partial charge is 0.435 e. The number of H-pyrrole nitrogens is 1. The Morgan fingerprint density at radius 3 is 2.88 bits per heavy atom. The van der Waals surface area contributed by atoms with Gasteiger partial charge in [-0.05, 0) is 26.0 Å². The predicted octanol–water partition coefficient (Wildman–Crippen LogP) is 2.49. The normalized spacial score (nSPS) is 11.4. The molecular weight excluding hydrogens is 320 g/mol. The van der Waals surface area contributed by atoms with E-state index in [-0.39, 0.29) is 17.7 Å². The summed E-state index contributed by atoms with van der Waals surface area (Å²) in [5.74, 6) is 0.160. The molecule has 0 unspecified atom stereocenters. The molecule has 2 aromatic heterocycles. The van der Waals surface area contributed by atoms with Crippen molar-refractivity contribution in [3.63, 3.8) is 0 Å². The molecule has 1 amide bonds. The number of fused-ring (bicyclic) bond motifs is 1. The SMILES string of the molecule is CC(C)NC(=O)c1cnn(-c2nc3ccc(OC(F)F)cc3[nH]2)c1. The van der Waals surface area contributed by atoms with Crippen molar-refractivity contribution in [2.45, 2.75) is 26.5 Å². The first kappa shape index (κ1) is 15.9. The van der Waals surface area contributed by atoms with E-state index in [4.69, 9.17) is 0 Å². The Labute approximate surface area is 135 Å². The highest BCUT2D eigenvalue weighted by Gasteiger charge is 2.13.